The van der Waals surface area contributed by atoms with E-state index in [4.69, 9.17) is 23.7 Å². The lowest BCUT2D eigenvalue weighted by molar-refractivity contribution is -0.400. The average molecular weight is 504 g/mol. The van der Waals surface area contributed by atoms with Crippen molar-refractivity contribution < 1.29 is 79.9 Å². The van der Waals surface area contributed by atoms with E-state index >= 15 is 0 Å². The van der Waals surface area contributed by atoms with Crippen LogP contribution in [0.25, 0.3) is 0 Å². The Balaban J connectivity index is 1.87. The van der Waals surface area contributed by atoms with E-state index in [1.807, 2.05) is 0 Å². The molecule has 0 saturated carbocycles. The third kappa shape index (κ3) is 4.96. The van der Waals surface area contributed by atoms with Gasteiger partial charge in [-0.05, 0) is 0 Å². The van der Waals surface area contributed by atoms with Gasteiger partial charge >= 0.3 is 0 Å². The van der Waals surface area contributed by atoms with Gasteiger partial charge in [-0.25, -0.2) is 0 Å². The number of hydrogen-bond acceptors (Lipinski definition) is 16. The fourth-order valence-electron chi connectivity index (χ4n) is 4.12. The summed E-state index contributed by atoms with van der Waals surface area (Å²) in [5, 5.41) is 109. The predicted molar refractivity (Wildman–Crippen MR) is 101 cm³/mol. The fourth-order valence-corrected chi connectivity index (χ4v) is 4.12. The molecule has 0 aromatic rings. The first-order valence-corrected chi connectivity index (χ1v) is 10.6. The van der Waals surface area contributed by atoms with Gasteiger partial charge in [0.25, 0.3) is 0 Å². The van der Waals surface area contributed by atoms with Crippen molar-refractivity contribution in [2.24, 2.45) is 0 Å². The summed E-state index contributed by atoms with van der Waals surface area (Å²) in [5.41, 5.74) is 0. The zero-order chi connectivity index (χ0) is 25.4. The van der Waals surface area contributed by atoms with Crippen LogP contribution < -0.4 is 0 Å². The molecule has 200 valence electrons. The van der Waals surface area contributed by atoms with E-state index in [2.05, 4.69) is 0 Å². The molecular formula is C18H32O16. The van der Waals surface area contributed by atoms with Gasteiger partial charge in [0.05, 0.1) is 19.8 Å². The minimum Gasteiger partial charge on any atom is -0.394 e. The number of aliphatic hydroxyl groups is 11. The zero-order valence-corrected chi connectivity index (χ0v) is 17.8. The van der Waals surface area contributed by atoms with E-state index in [0.29, 0.717) is 0 Å². The Hall–Kier alpha value is -0.640. The Bertz CT molecular complexity index is 651. The predicted octanol–water partition coefficient (Wildman–Crippen LogP) is -7.57. The average Bonchev–Trinajstić information content (AvgIpc) is 3.10. The van der Waals surface area contributed by atoms with Crippen LogP contribution in [0.1, 0.15) is 0 Å². The molecule has 16 nitrogen and oxygen atoms in total. The van der Waals surface area contributed by atoms with Crippen LogP contribution in [-0.4, -0.2) is 168 Å². The normalized spacial score (nSPS) is 52.1. The molecule has 3 aliphatic rings. The van der Waals surface area contributed by atoms with Crippen LogP contribution in [0.3, 0.4) is 0 Å². The molecule has 0 bridgehead atoms. The number of aliphatic hydroxyl groups excluding tert-OH is 11. The second-order valence-corrected chi connectivity index (χ2v) is 8.37. The van der Waals surface area contributed by atoms with Crippen molar-refractivity contribution in [3.63, 3.8) is 0 Å². The van der Waals surface area contributed by atoms with Gasteiger partial charge in [-0.15, -0.1) is 0 Å². The van der Waals surface area contributed by atoms with Crippen molar-refractivity contribution in [2.75, 3.05) is 26.4 Å². The van der Waals surface area contributed by atoms with E-state index in [-0.39, 0.29) is 0 Å². The number of hydrogen-bond donors (Lipinski definition) is 11. The Morgan fingerprint density at radius 3 is 1.50 bits per heavy atom. The molecular weight excluding hydrogens is 472 g/mol. The van der Waals surface area contributed by atoms with E-state index in [9.17, 15) is 56.2 Å². The summed E-state index contributed by atoms with van der Waals surface area (Å²) >= 11 is 0. The zero-order valence-electron chi connectivity index (χ0n) is 17.8. The van der Waals surface area contributed by atoms with Crippen molar-refractivity contribution >= 4 is 0 Å². The maximum absolute atomic E-state index is 10.6. The number of rotatable bonds is 8. The summed E-state index contributed by atoms with van der Waals surface area (Å²) in [4.78, 5) is 0. The third-order valence-corrected chi connectivity index (χ3v) is 6.17. The molecule has 16 heteroatoms. The fraction of sp³-hybridized carbons (Fsp3) is 1.00. The van der Waals surface area contributed by atoms with Crippen LogP contribution in [0, 0.1) is 0 Å². The summed E-state index contributed by atoms with van der Waals surface area (Å²) in [7, 11) is 0. The van der Waals surface area contributed by atoms with Crippen LogP contribution in [0.15, 0.2) is 0 Å². The van der Waals surface area contributed by atoms with Gasteiger partial charge < -0.3 is 79.9 Å². The molecule has 14 atom stereocenters. The summed E-state index contributed by atoms with van der Waals surface area (Å²) in [5.74, 6) is -2.43. The first kappa shape index (κ1) is 27.9. The van der Waals surface area contributed by atoms with Crippen LogP contribution in [0.2, 0.25) is 0 Å². The summed E-state index contributed by atoms with van der Waals surface area (Å²) in [6.07, 6.45) is -22.3. The third-order valence-electron chi connectivity index (χ3n) is 6.17. The maximum Gasteiger partial charge on any atom is 0.224 e. The second-order valence-electron chi connectivity index (χ2n) is 8.37. The summed E-state index contributed by atoms with van der Waals surface area (Å²) < 4.78 is 27.0. The van der Waals surface area contributed by atoms with E-state index < -0.39 is 112 Å². The first-order valence-electron chi connectivity index (χ1n) is 10.6. The molecule has 3 aliphatic heterocycles. The van der Waals surface area contributed by atoms with E-state index in [0.717, 1.165) is 0 Å². The Kier molecular flexibility index (Phi) is 9.18. The molecule has 3 fully saturated rings. The van der Waals surface area contributed by atoms with Gasteiger partial charge in [0, 0.05) is 0 Å². The smallest absolute Gasteiger partial charge is 0.224 e. The minimum atomic E-state index is -2.43. The highest BCUT2D eigenvalue weighted by atomic mass is 16.8. The molecule has 0 aromatic carbocycles. The van der Waals surface area contributed by atoms with Gasteiger partial charge in [0.1, 0.15) is 73.8 Å². The molecule has 0 amide bonds. The van der Waals surface area contributed by atoms with E-state index in [1.165, 1.54) is 0 Å². The number of ether oxygens (including phenoxy) is 5. The summed E-state index contributed by atoms with van der Waals surface area (Å²) in [6, 6.07) is 0. The molecule has 3 heterocycles. The molecule has 11 N–H and O–H groups in total. The standard InChI is InChI=1S/C18H32O16/c19-1-5-8(23)11(26)13(28)16(30-5)32-15-10(25)7(3-21)33-18(15,4-22)34-17-14(29)12(27)9(24)6(2-20)31-17/h5-17,19-29H,1-4H2/t5-,6-,7-,8-,9-,10+,11+,12+,13-,14-,15+,16+,17-,18+/m1/s1. The molecule has 3 saturated heterocycles. The topological polar surface area (TPSA) is 269 Å². The lowest BCUT2D eigenvalue weighted by Crippen LogP contribution is -2.64. The highest BCUT2D eigenvalue weighted by Gasteiger charge is 2.61. The van der Waals surface area contributed by atoms with Crippen molar-refractivity contribution in [2.45, 2.75) is 85.5 Å². The largest absolute Gasteiger partial charge is 0.394 e. The Labute approximate surface area is 192 Å². The lowest BCUT2D eigenvalue weighted by atomic mass is 9.98. The monoisotopic (exact) mass is 504 g/mol. The Morgan fingerprint density at radius 1 is 0.559 bits per heavy atom. The van der Waals surface area contributed by atoms with Crippen LogP contribution in [-0.2, 0) is 23.7 Å². The molecule has 0 aromatic heterocycles. The lowest BCUT2D eigenvalue weighted by Gasteiger charge is -2.45. The van der Waals surface area contributed by atoms with Crippen LogP contribution >= 0.6 is 0 Å². The van der Waals surface area contributed by atoms with Gasteiger partial charge in [-0.1, -0.05) is 0 Å². The van der Waals surface area contributed by atoms with Gasteiger partial charge in [0.15, 0.2) is 12.6 Å². The molecule has 3 rings (SSSR count). The second kappa shape index (κ2) is 11.2. The molecule has 0 unspecified atom stereocenters. The van der Waals surface area contributed by atoms with Crippen LogP contribution in [0.4, 0.5) is 0 Å². The first-order chi connectivity index (χ1) is 16.0. The molecule has 0 aliphatic carbocycles. The van der Waals surface area contributed by atoms with Crippen molar-refractivity contribution in [1.29, 1.82) is 0 Å². The minimum absolute atomic E-state index is 0.777. The van der Waals surface area contributed by atoms with Crippen molar-refractivity contribution in [3.8, 4) is 0 Å². The quantitative estimate of drug-likeness (QED) is 0.146. The highest BCUT2D eigenvalue weighted by molar-refractivity contribution is 5.01. The molecule has 0 spiro atoms. The maximum atomic E-state index is 10.6. The SMILES string of the molecule is OC[C@H]1O[C@H](O[C@]2(CO)O[C@H](CO)[C@H](O)[C@@H]2O[C@@H]2O[C@H](CO)[C@@H](O)[C@H](O)[C@H]2O)[C@H](O)[C@@H](O)[C@@H]1O. The molecule has 34 heavy (non-hydrogen) atoms. The Morgan fingerprint density at radius 2 is 1.03 bits per heavy atom. The van der Waals surface area contributed by atoms with Crippen molar-refractivity contribution in [3.05, 3.63) is 0 Å². The van der Waals surface area contributed by atoms with Gasteiger partial charge in [-0.2, -0.15) is 0 Å². The molecule has 0 radical (unpaired) electrons. The van der Waals surface area contributed by atoms with Crippen LogP contribution in [0.5, 0.6) is 0 Å². The van der Waals surface area contributed by atoms with Gasteiger partial charge in [0.2, 0.25) is 5.79 Å². The van der Waals surface area contributed by atoms with Crippen molar-refractivity contribution in [1.82, 2.24) is 0 Å². The summed E-state index contributed by atoms with van der Waals surface area (Å²) in [6.45, 7) is -3.49. The van der Waals surface area contributed by atoms with Gasteiger partial charge in [-0.3, -0.25) is 0 Å². The highest BCUT2D eigenvalue weighted by Crippen LogP contribution is 2.39. The van der Waals surface area contributed by atoms with E-state index in [1.54, 1.807) is 0 Å².